The minimum absolute atomic E-state index is 0. The van der Waals surface area contributed by atoms with E-state index in [2.05, 4.69) is 67.6 Å². The second-order valence-corrected chi connectivity index (χ2v) is 5.47. The largest absolute Gasteiger partial charge is 0.356 e. The maximum Gasteiger partial charge on any atom is 0.191 e. The lowest BCUT2D eigenvalue weighted by molar-refractivity contribution is 0.506. The molecule has 0 heterocycles. The van der Waals surface area contributed by atoms with E-state index in [9.17, 15) is 0 Å². The number of hydrogen-bond donors (Lipinski definition) is 2. The van der Waals surface area contributed by atoms with E-state index in [-0.39, 0.29) is 29.4 Å². The van der Waals surface area contributed by atoms with Crippen molar-refractivity contribution in [2.75, 3.05) is 13.6 Å². The molecule has 2 N–H and O–H groups in total. The van der Waals surface area contributed by atoms with Gasteiger partial charge in [0.05, 0.1) is 0 Å². The minimum atomic E-state index is 0. The van der Waals surface area contributed by atoms with Crippen LogP contribution in [0.15, 0.2) is 35.3 Å². The zero-order valence-electron chi connectivity index (χ0n) is 12.5. The highest BCUT2D eigenvalue weighted by molar-refractivity contribution is 14.0. The number of nitrogens with zero attached hydrogens (tertiary/aromatic N) is 1. The van der Waals surface area contributed by atoms with Gasteiger partial charge in [0.15, 0.2) is 5.96 Å². The normalized spacial score (nSPS) is 12.0. The third-order valence-electron chi connectivity index (χ3n) is 2.90. The van der Waals surface area contributed by atoms with Crippen molar-refractivity contribution in [3.63, 3.8) is 0 Å². The molecule has 0 fully saturated rings. The average Bonchev–Trinajstić information content (AvgIpc) is 2.35. The maximum atomic E-state index is 4.22. The van der Waals surface area contributed by atoms with E-state index in [0.717, 1.165) is 12.5 Å². The van der Waals surface area contributed by atoms with Crippen LogP contribution in [0.3, 0.4) is 0 Å². The summed E-state index contributed by atoms with van der Waals surface area (Å²) in [7, 11) is 1.80. The SMILES string of the molecule is CN=C(NCC(C)(C)c1ccccc1)NC(C)C.I. The molecule has 0 bridgehead atoms. The van der Waals surface area contributed by atoms with Crippen LogP contribution in [0.5, 0.6) is 0 Å². The van der Waals surface area contributed by atoms with Crippen LogP contribution in [0.4, 0.5) is 0 Å². The molecule has 0 aliphatic heterocycles. The van der Waals surface area contributed by atoms with Crippen LogP contribution in [-0.4, -0.2) is 25.6 Å². The van der Waals surface area contributed by atoms with Gasteiger partial charge in [-0.2, -0.15) is 0 Å². The third-order valence-corrected chi connectivity index (χ3v) is 2.90. The van der Waals surface area contributed by atoms with Gasteiger partial charge in [-0.1, -0.05) is 44.2 Å². The molecule has 4 heteroatoms. The van der Waals surface area contributed by atoms with Crippen molar-refractivity contribution < 1.29 is 0 Å². The minimum Gasteiger partial charge on any atom is -0.356 e. The van der Waals surface area contributed by atoms with Crippen molar-refractivity contribution in [1.82, 2.24) is 10.6 Å². The topological polar surface area (TPSA) is 36.4 Å². The smallest absolute Gasteiger partial charge is 0.191 e. The van der Waals surface area contributed by atoms with Crippen molar-refractivity contribution >= 4 is 29.9 Å². The van der Waals surface area contributed by atoms with Gasteiger partial charge in [-0.25, -0.2) is 0 Å². The Morgan fingerprint density at radius 3 is 2.26 bits per heavy atom. The second kappa shape index (κ2) is 8.40. The summed E-state index contributed by atoms with van der Waals surface area (Å²) in [5.41, 5.74) is 1.41. The lowest BCUT2D eigenvalue weighted by Gasteiger charge is -2.27. The summed E-state index contributed by atoms with van der Waals surface area (Å²) < 4.78 is 0. The quantitative estimate of drug-likeness (QED) is 0.482. The lowest BCUT2D eigenvalue weighted by Crippen LogP contribution is -2.45. The molecule has 19 heavy (non-hydrogen) atoms. The summed E-state index contributed by atoms with van der Waals surface area (Å²) in [5.74, 6) is 0.856. The summed E-state index contributed by atoms with van der Waals surface area (Å²) in [6.07, 6.45) is 0. The molecule has 0 amide bonds. The first kappa shape index (κ1) is 18.2. The summed E-state index contributed by atoms with van der Waals surface area (Å²) in [4.78, 5) is 4.22. The molecule has 1 aromatic carbocycles. The van der Waals surface area contributed by atoms with Crippen LogP contribution in [-0.2, 0) is 5.41 Å². The van der Waals surface area contributed by atoms with E-state index in [1.165, 1.54) is 5.56 Å². The van der Waals surface area contributed by atoms with Crippen LogP contribution in [0.1, 0.15) is 33.3 Å². The number of guanidine groups is 1. The highest BCUT2D eigenvalue weighted by Gasteiger charge is 2.20. The zero-order chi connectivity index (χ0) is 13.6. The predicted octanol–water partition coefficient (Wildman–Crippen LogP) is 3.16. The fraction of sp³-hybridized carbons (Fsp3) is 0.533. The molecule has 0 unspecified atom stereocenters. The van der Waals surface area contributed by atoms with Crippen LogP contribution in [0.2, 0.25) is 0 Å². The molecule has 0 saturated carbocycles. The Hall–Kier alpha value is -0.780. The molecule has 0 atom stereocenters. The first-order chi connectivity index (χ1) is 8.45. The molecule has 1 rings (SSSR count). The molecule has 0 aliphatic rings. The summed E-state index contributed by atoms with van der Waals surface area (Å²) in [6.45, 7) is 9.53. The van der Waals surface area contributed by atoms with Gasteiger partial charge in [0.1, 0.15) is 0 Å². The van der Waals surface area contributed by atoms with Crippen LogP contribution < -0.4 is 10.6 Å². The van der Waals surface area contributed by atoms with Gasteiger partial charge in [0, 0.05) is 25.0 Å². The van der Waals surface area contributed by atoms with Gasteiger partial charge in [-0.05, 0) is 19.4 Å². The molecule has 1 aromatic rings. The van der Waals surface area contributed by atoms with Crippen molar-refractivity contribution in [1.29, 1.82) is 0 Å². The number of hydrogen-bond acceptors (Lipinski definition) is 1. The zero-order valence-corrected chi connectivity index (χ0v) is 14.9. The standard InChI is InChI=1S/C15H25N3.HI/c1-12(2)18-14(16-5)17-11-15(3,4)13-9-7-6-8-10-13;/h6-10,12H,11H2,1-5H3,(H2,16,17,18);1H. The van der Waals surface area contributed by atoms with Crippen molar-refractivity contribution in [2.45, 2.75) is 39.2 Å². The monoisotopic (exact) mass is 375 g/mol. The molecule has 108 valence electrons. The van der Waals surface area contributed by atoms with E-state index in [1.54, 1.807) is 7.05 Å². The van der Waals surface area contributed by atoms with Crippen LogP contribution in [0, 0.1) is 0 Å². The van der Waals surface area contributed by atoms with Gasteiger partial charge in [0.2, 0.25) is 0 Å². The Morgan fingerprint density at radius 1 is 1.21 bits per heavy atom. The summed E-state index contributed by atoms with van der Waals surface area (Å²) in [5, 5.41) is 6.67. The van der Waals surface area contributed by atoms with Gasteiger partial charge < -0.3 is 10.6 Å². The van der Waals surface area contributed by atoms with E-state index >= 15 is 0 Å². The van der Waals surface area contributed by atoms with E-state index in [1.807, 2.05) is 6.07 Å². The number of rotatable bonds is 4. The fourth-order valence-electron chi connectivity index (χ4n) is 1.76. The van der Waals surface area contributed by atoms with Gasteiger partial charge in [0.25, 0.3) is 0 Å². The van der Waals surface area contributed by atoms with Crippen molar-refractivity contribution in [2.24, 2.45) is 4.99 Å². The number of halogens is 1. The average molecular weight is 375 g/mol. The van der Waals surface area contributed by atoms with Crippen LogP contribution >= 0.6 is 24.0 Å². The lowest BCUT2D eigenvalue weighted by atomic mass is 9.85. The van der Waals surface area contributed by atoms with Crippen LogP contribution in [0.25, 0.3) is 0 Å². The van der Waals surface area contributed by atoms with Crippen molar-refractivity contribution in [3.8, 4) is 0 Å². The van der Waals surface area contributed by atoms with E-state index < -0.39 is 0 Å². The highest BCUT2D eigenvalue weighted by Crippen LogP contribution is 2.21. The first-order valence-electron chi connectivity index (χ1n) is 6.48. The fourth-order valence-corrected chi connectivity index (χ4v) is 1.76. The third kappa shape index (κ3) is 6.27. The molecule has 3 nitrogen and oxygen atoms in total. The number of nitrogens with one attached hydrogen (secondary N) is 2. The molecule has 0 spiro atoms. The molecule has 0 saturated heterocycles. The van der Waals surface area contributed by atoms with Gasteiger partial charge >= 0.3 is 0 Å². The Bertz CT molecular complexity index is 386. The Labute approximate surface area is 134 Å². The molecule has 0 radical (unpaired) electrons. The summed E-state index contributed by atoms with van der Waals surface area (Å²) in [6, 6.07) is 10.9. The van der Waals surface area contributed by atoms with Crippen molar-refractivity contribution in [3.05, 3.63) is 35.9 Å². The van der Waals surface area contributed by atoms with E-state index in [0.29, 0.717) is 6.04 Å². The second-order valence-electron chi connectivity index (χ2n) is 5.47. The first-order valence-corrected chi connectivity index (χ1v) is 6.48. The molecular weight excluding hydrogens is 349 g/mol. The van der Waals surface area contributed by atoms with E-state index in [4.69, 9.17) is 0 Å². The molecule has 0 aromatic heterocycles. The molecule has 0 aliphatic carbocycles. The number of aliphatic imine (C=N–C) groups is 1. The highest BCUT2D eigenvalue weighted by atomic mass is 127. The number of benzene rings is 1. The van der Waals surface area contributed by atoms with Gasteiger partial charge in [-0.3, -0.25) is 4.99 Å². The Morgan fingerprint density at radius 2 is 1.79 bits per heavy atom. The summed E-state index contributed by atoms with van der Waals surface area (Å²) >= 11 is 0. The molecular formula is C15H26IN3. The predicted molar refractivity (Wildman–Crippen MR) is 94.5 cm³/mol. The Balaban J connectivity index is 0.00000324. The van der Waals surface area contributed by atoms with Gasteiger partial charge in [-0.15, -0.1) is 24.0 Å². The Kier molecular flexibility index (Phi) is 8.06. The maximum absolute atomic E-state index is 4.22.